The molecule has 0 saturated heterocycles. The summed E-state index contributed by atoms with van der Waals surface area (Å²) in [5, 5.41) is 0. The Morgan fingerprint density at radius 2 is 1.92 bits per heavy atom. The second-order valence-corrected chi connectivity index (χ2v) is 9.78. The van der Waals surface area contributed by atoms with E-state index in [1.54, 1.807) is 0 Å². The summed E-state index contributed by atoms with van der Waals surface area (Å²) in [7, 11) is 0. The topological polar surface area (TPSA) is 43.4 Å². The van der Waals surface area contributed by atoms with Crippen LogP contribution in [-0.4, -0.2) is 17.9 Å². The summed E-state index contributed by atoms with van der Waals surface area (Å²) in [5.74, 6) is 2.40. The van der Waals surface area contributed by atoms with Crippen LogP contribution in [0.15, 0.2) is 11.6 Å². The van der Waals surface area contributed by atoms with E-state index in [9.17, 15) is 9.59 Å². The third kappa shape index (κ3) is 2.68. The molecular weight excluding hydrogens is 324 g/mol. The maximum absolute atomic E-state index is 12.0. The predicted molar refractivity (Wildman–Crippen MR) is 101 cm³/mol. The molecule has 0 aliphatic heterocycles. The molecule has 144 valence electrons. The number of carbonyl (C=O) groups is 2. The van der Waals surface area contributed by atoms with Gasteiger partial charge in [0, 0.05) is 18.3 Å². The number of carbonyl (C=O) groups excluding carboxylic acids is 2. The van der Waals surface area contributed by atoms with E-state index in [-0.39, 0.29) is 22.9 Å². The van der Waals surface area contributed by atoms with Crippen molar-refractivity contribution >= 4 is 11.8 Å². The van der Waals surface area contributed by atoms with Crippen LogP contribution in [0.5, 0.6) is 0 Å². The van der Waals surface area contributed by atoms with Gasteiger partial charge in [0.25, 0.3) is 0 Å². The maximum atomic E-state index is 12.0. The number of ether oxygens (including phenoxy) is 1. The van der Waals surface area contributed by atoms with Crippen molar-refractivity contribution in [3.05, 3.63) is 11.6 Å². The highest BCUT2D eigenvalue weighted by atomic mass is 16.5. The number of esters is 1. The fourth-order valence-corrected chi connectivity index (χ4v) is 7.14. The first-order valence-electron chi connectivity index (χ1n) is 10.8. The van der Waals surface area contributed by atoms with Gasteiger partial charge < -0.3 is 4.74 Å². The van der Waals surface area contributed by atoms with Gasteiger partial charge in [-0.1, -0.05) is 26.3 Å². The molecule has 6 atom stereocenters. The second-order valence-electron chi connectivity index (χ2n) is 9.78. The van der Waals surface area contributed by atoms with Crippen molar-refractivity contribution in [3.63, 3.8) is 0 Å². The molecule has 3 nitrogen and oxygen atoms in total. The zero-order valence-electron chi connectivity index (χ0n) is 16.7. The molecule has 0 spiro atoms. The molecule has 0 aromatic heterocycles. The fraction of sp³-hybridized carbons (Fsp3) is 0.826. The van der Waals surface area contributed by atoms with E-state index in [0.29, 0.717) is 24.0 Å². The molecule has 4 rings (SSSR count). The largest absolute Gasteiger partial charge is 0.462 e. The number of hydrogen-bond donors (Lipinski definition) is 0. The summed E-state index contributed by atoms with van der Waals surface area (Å²) in [5.41, 5.74) is 1.81. The molecule has 3 saturated carbocycles. The molecule has 3 fully saturated rings. The molecule has 0 amide bonds. The zero-order valence-corrected chi connectivity index (χ0v) is 16.7. The average Bonchev–Trinajstić information content (AvgIpc) is 2.62. The summed E-state index contributed by atoms with van der Waals surface area (Å²) in [6.45, 7) is 6.73. The molecule has 0 heterocycles. The van der Waals surface area contributed by atoms with E-state index < -0.39 is 0 Å². The number of rotatable bonds is 2. The molecule has 3 heteroatoms. The van der Waals surface area contributed by atoms with Crippen LogP contribution < -0.4 is 0 Å². The smallest absolute Gasteiger partial charge is 0.305 e. The molecule has 26 heavy (non-hydrogen) atoms. The highest BCUT2D eigenvalue weighted by Crippen LogP contribution is 2.64. The Kier molecular flexibility index (Phi) is 4.56. The number of allylic oxidation sites excluding steroid dienone is 2. The van der Waals surface area contributed by atoms with Crippen LogP contribution in [0, 0.1) is 28.6 Å². The van der Waals surface area contributed by atoms with Gasteiger partial charge in [-0.05, 0) is 80.6 Å². The van der Waals surface area contributed by atoms with Crippen LogP contribution in [0.3, 0.4) is 0 Å². The van der Waals surface area contributed by atoms with Gasteiger partial charge in [0.15, 0.2) is 5.78 Å². The van der Waals surface area contributed by atoms with Gasteiger partial charge in [-0.3, -0.25) is 9.59 Å². The lowest BCUT2D eigenvalue weighted by molar-refractivity contribution is -0.177. The third-order valence-electron chi connectivity index (χ3n) is 8.68. The Morgan fingerprint density at radius 1 is 1.12 bits per heavy atom. The van der Waals surface area contributed by atoms with Crippen LogP contribution in [0.4, 0.5) is 0 Å². The SMILES string of the molecule is CCC(=O)O[C@@H]1CCC[C@@H]2[C@H]3CCC4=CC(=O)CC[C@@]4(C)[C@@H]3CC[C@@]21C. The van der Waals surface area contributed by atoms with Gasteiger partial charge in [0.05, 0.1) is 0 Å². The van der Waals surface area contributed by atoms with Crippen molar-refractivity contribution in [3.8, 4) is 0 Å². The summed E-state index contributed by atoms with van der Waals surface area (Å²) < 4.78 is 5.94. The molecule has 0 unspecified atom stereocenters. The summed E-state index contributed by atoms with van der Waals surface area (Å²) in [6, 6.07) is 0. The van der Waals surface area contributed by atoms with Gasteiger partial charge in [-0.15, -0.1) is 0 Å². The van der Waals surface area contributed by atoms with Crippen LogP contribution in [-0.2, 0) is 14.3 Å². The summed E-state index contributed by atoms with van der Waals surface area (Å²) in [4.78, 5) is 23.9. The van der Waals surface area contributed by atoms with Crippen LogP contribution in [0.2, 0.25) is 0 Å². The van der Waals surface area contributed by atoms with Gasteiger partial charge in [-0.2, -0.15) is 0 Å². The Bertz CT molecular complexity index is 635. The molecular formula is C23H34O3. The van der Waals surface area contributed by atoms with Crippen molar-refractivity contribution in [1.29, 1.82) is 0 Å². The molecule has 4 aliphatic carbocycles. The maximum Gasteiger partial charge on any atom is 0.305 e. The first-order chi connectivity index (χ1) is 12.4. The van der Waals surface area contributed by atoms with Gasteiger partial charge in [0.2, 0.25) is 0 Å². The van der Waals surface area contributed by atoms with Gasteiger partial charge in [-0.25, -0.2) is 0 Å². The molecule has 0 N–H and O–H groups in total. The van der Waals surface area contributed by atoms with Crippen molar-refractivity contribution < 1.29 is 14.3 Å². The standard InChI is InChI=1S/C23H34O3/c1-4-21(25)26-20-7-5-6-18-17-9-8-15-14-16(24)10-12-22(15,2)19(17)11-13-23(18,20)3/h14,17-20H,4-13H2,1-3H3/t17-,18-,19-,20-,22-,23+/m1/s1. The highest BCUT2D eigenvalue weighted by molar-refractivity contribution is 5.91. The first-order valence-corrected chi connectivity index (χ1v) is 10.8. The normalized spacial score (nSPS) is 45.0. The van der Waals surface area contributed by atoms with E-state index in [1.807, 2.05) is 13.0 Å². The van der Waals surface area contributed by atoms with Crippen molar-refractivity contribution in [1.82, 2.24) is 0 Å². The lowest BCUT2D eigenvalue weighted by Crippen LogP contribution is -2.56. The first kappa shape index (κ1) is 18.3. The quantitative estimate of drug-likeness (QED) is 0.635. The van der Waals surface area contributed by atoms with E-state index >= 15 is 0 Å². The van der Waals surface area contributed by atoms with Crippen molar-refractivity contribution in [2.75, 3.05) is 0 Å². The number of hydrogen-bond acceptors (Lipinski definition) is 3. The minimum atomic E-state index is -0.0365. The highest BCUT2D eigenvalue weighted by Gasteiger charge is 2.58. The van der Waals surface area contributed by atoms with Crippen molar-refractivity contribution in [2.24, 2.45) is 28.6 Å². The van der Waals surface area contributed by atoms with E-state index in [0.717, 1.165) is 38.0 Å². The Hall–Kier alpha value is -1.12. The Morgan fingerprint density at radius 3 is 2.69 bits per heavy atom. The minimum absolute atomic E-state index is 0.0365. The monoisotopic (exact) mass is 358 g/mol. The molecule has 0 aromatic rings. The van der Waals surface area contributed by atoms with Crippen LogP contribution in [0.1, 0.15) is 85.0 Å². The molecule has 4 aliphatic rings. The van der Waals surface area contributed by atoms with E-state index in [2.05, 4.69) is 13.8 Å². The molecule has 0 radical (unpaired) electrons. The lowest BCUT2D eigenvalue weighted by atomic mass is 9.44. The molecule has 0 aromatic carbocycles. The summed E-state index contributed by atoms with van der Waals surface area (Å²) >= 11 is 0. The average molecular weight is 359 g/mol. The number of ketones is 1. The van der Waals surface area contributed by atoms with Crippen LogP contribution >= 0.6 is 0 Å². The van der Waals surface area contributed by atoms with Gasteiger partial charge >= 0.3 is 5.97 Å². The van der Waals surface area contributed by atoms with Gasteiger partial charge in [0.1, 0.15) is 6.10 Å². The van der Waals surface area contributed by atoms with E-state index in [4.69, 9.17) is 4.74 Å². The fourth-order valence-electron chi connectivity index (χ4n) is 7.14. The second kappa shape index (κ2) is 6.49. The number of fused-ring (bicyclic) bond motifs is 5. The molecule has 0 bridgehead atoms. The Balaban J connectivity index is 1.61. The van der Waals surface area contributed by atoms with Crippen LogP contribution in [0.25, 0.3) is 0 Å². The lowest BCUT2D eigenvalue weighted by Gasteiger charge is -2.61. The predicted octanol–water partition coefficient (Wildman–Crippen LogP) is 5.23. The zero-order chi connectivity index (χ0) is 18.5. The summed E-state index contributed by atoms with van der Waals surface area (Å²) in [6.07, 6.45) is 12.5. The third-order valence-corrected chi connectivity index (χ3v) is 8.68. The van der Waals surface area contributed by atoms with E-state index in [1.165, 1.54) is 31.3 Å². The Labute approximate surface area is 157 Å². The van der Waals surface area contributed by atoms with Crippen molar-refractivity contribution in [2.45, 2.75) is 91.1 Å². The minimum Gasteiger partial charge on any atom is -0.462 e.